The zero-order valence-corrected chi connectivity index (χ0v) is 9.50. The number of ether oxygens (including phenoxy) is 1. The highest BCUT2D eigenvalue weighted by molar-refractivity contribution is 7.80. The number of rotatable bonds is 4. The van der Waals surface area contributed by atoms with Crippen molar-refractivity contribution < 1.29 is 4.74 Å². The van der Waals surface area contributed by atoms with E-state index in [1.807, 2.05) is 24.3 Å². The largest absolute Gasteiger partial charge is 0.495 e. The van der Waals surface area contributed by atoms with Crippen molar-refractivity contribution in [1.82, 2.24) is 0 Å². The Morgan fingerprint density at radius 3 is 2.93 bits per heavy atom. The molecule has 0 N–H and O–H groups in total. The van der Waals surface area contributed by atoms with E-state index in [2.05, 4.69) is 18.7 Å². The van der Waals surface area contributed by atoms with Crippen LogP contribution in [0.15, 0.2) is 24.3 Å². The number of nitrogens with zero attached hydrogens (tertiary/aromatic N) is 1. The van der Waals surface area contributed by atoms with Crippen LogP contribution in [-0.2, 0) is 0 Å². The topological polar surface area (TPSA) is 33.0 Å². The second-order valence-electron chi connectivity index (χ2n) is 2.99. The summed E-state index contributed by atoms with van der Waals surface area (Å²) in [6.07, 6.45) is 4.95. The minimum Gasteiger partial charge on any atom is -0.495 e. The quantitative estimate of drug-likeness (QED) is 0.790. The lowest BCUT2D eigenvalue weighted by molar-refractivity contribution is 0.413. The third-order valence-corrected chi connectivity index (χ3v) is 2.21. The van der Waals surface area contributed by atoms with Crippen LogP contribution in [0.25, 0.3) is 6.08 Å². The Labute approximate surface area is 95.6 Å². The molecule has 0 saturated heterocycles. The van der Waals surface area contributed by atoms with Gasteiger partial charge in [0.25, 0.3) is 0 Å². The van der Waals surface area contributed by atoms with Gasteiger partial charge in [-0.25, -0.2) is 0 Å². The van der Waals surface area contributed by atoms with Gasteiger partial charge in [-0.05, 0) is 29.9 Å². The van der Waals surface area contributed by atoms with Crippen molar-refractivity contribution in [2.75, 3.05) is 12.9 Å². The minimum atomic E-state index is 0.561. The summed E-state index contributed by atoms with van der Waals surface area (Å²) in [6, 6.07) is 7.65. The van der Waals surface area contributed by atoms with Crippen LogP contribution in [-0.4, -0.2) is 12.9 Å². The summed E-state index contributed by atoms with van der Waals surface area (Å²) in [5, 5.41) is 8.88. The molecule has 0 unspecified atom stereocenters. The maximum atomic E-state index is 8.88. The molecule has 0 aromatic heterocycles. The fraction of sp³-hybridized carbons (Fsp3) is 0.250. The SMILES string of the molecule is COc1ccc(C=CCCS)cc1C#N. The lowest BCUT2D eigenvalue weighted by atomic mass is 10.1. The van der Waals surface area contributed by atoms with Crippen LogP contribution in [0.4, 0.5) is 0 Å². The van der Waals surface area contributed by atoms with Gasteiger partial charge < -0.3 is 4.74 Å². The first-order valence-electron chi connectivity index (χ1n) is 4.67. The second-order valence-corrected chi connectivity index (χ2v) is 3.43. The van der Waals surface area contributed by atoms with Crippen molar-refractivity contribution in [3.63, 3.8) is 0 Å². The maximum absolute atomic E-state index is 8.88. The first-order chi connectivity index (χ1) is 7.31. The van der Waals surface area contributed by atoms with Crippen LogP contribution >= 0.6 is 12.6 Å². The Hall–Kier alpha value is -1.40. The van der Waals surface area contributed by atoms with Crippen LogP contribution < -0.4 is 4.74 Å². The highest BCUT2D eigenvalue weighted by atomic mass is 32.1. The minimum absolute atomic E-state index is 0.561. The Kier molecular flexibility index (Phi) is 4.79. The number of hydrogen-bond donors (Lipinski definition) is 1. The molecule has 0 aliphatic carbocycles. The van der Waals surface area contributed by atoms with Gasteiger partial charge in [-0.15, -0.1) is 0 Å². The van der Waals surface area contributed by atoms with Crippen LogP contribution in [0, 0.1) is 11.3 Å². The van der Waals surface area contributed by atoms with E-state index in [9.17, 15) is 0 Å². The second kappa shape index (κ2) is 6.15. The van der Waals surface area contributed by atoms with Gasteiger partial charge in [-0.2, -0.15) is 17.9 Å². The lowest BCUT2D eigenvalue weighted by Crippen LogP contribution is -1.88. The standard InChI is InChI=1S/C12H13NOS/c1-14-12-6-5-10(4-2-3-7-15)8-11(12)9-13/h2,4-6,8,15H,3,7H2,1H3. The molecule has 1 aromatic rings. The molecule has 0 aliphatic rings. The van der Waals surface area contributed by atoms with Crippen molar-refractivity contribution in [2.24, 2.45) is 0 Å². The van der Waals surface area contributed by atoms with Crippen molar-refractivity contribution >= 4 is 18.7 Å². The Morgan fingerprint density at radius 2 is 2.33 bits per heavy atom. The summed E-state index contributed by atoms with van der Waals surface area (Å²) in [6.45, 7) is 0. The predicted molar refractivity (Wildman–Crippen MR) is 65.2 cm³/mol. The number of nitriles is 1. The number of allylic oxidation sites excluding steroid dienone is 1. The molecule has 0 radical (unpaired) electrons. The number of methoxy groups -OCH3 is 1. The fourth-order valence-electron chi connectivity index (χ4n) is 1.21. The van der Waals surface area contributed by atoms with E-state index in [0.29, 0.717) is 11.3 Å². The summed E-state index contributed by atoms with van der Waals surface area (Å²) in [5.41, 5.74) is 1.57. The molecule has 2 nitrogen and oxygen atoms in total. The Balaban J connectivity index is 2.89. The first kappa shape index (κ1) is 11.7. The van der Waals surface area contributed by atoms with E-state index < -0.39 is 0 Å². The normalized spacial score (nSPS) is 10.2. The molecule has 0 atom stereocenters. The van der Waals surface area contributed by atoms with E-state index in [-0.39, 0.29) is 0 Å². The molecule has 78 valence electrons. The third kappa shape index (κ3) is 3.34. The first-order valence-corrected chi connectivity index (χ1v) is 5.30. The molecule has 1 aromatic carbocycles. The smallest absolute Gasteiger partial charge is 0.136 e. The van der Waals surface area contributed by atoms with Gasteiger partial charge in [0.2, 0.25) is 0 Å². The highest BCUT2D eigenvalue weighted by Crippen LogP contribution is 2.19. The van der Waals surface area contributed by atoms with E-state index >= 15 is 0 Å². The molecule has 0 saturated carbocycles. The average molecular weight is 219 g/mol. The van der Waals surface area contributed by atoms with Crippen molar-refractivity contribution in [3.8, 4) is 11.8 Å². The molecule has 0 bridgehead atoms. The lowest BCUT2D eigenvalue weighted by Gasteiger charge is -2.02. The average Bonchev–Trinajstić information content (AvgIpc) is 2.29. The van der Waals surface area contributed by atoms with Crippen LogP contribution in [0.5, 0.6) is 5.75 Å². The molecule has 0 heterocycles. The van der Waals surface area contributed by atoms with Crippen molar-refractivity contribution in [2.45, 2.75) is 6.42 Å². The van der Waals surface area contributed by atoms with Crippen molar-refractivity contribution in [3.05, 3.63) is 35.4 Å². The molecule has 0 fully saturated rings. The summed E-state index contributed by atoms with van der Waals surface area (Å²) >= 11 is 4.11. The van der Waals surface area contributed by atoms with Gasteiger partial charge in [0.1, 0.15) is 11.8 Å². The molecule has 0 aliphatic heterocycles. The van der Waals surface area contributed by atoms with Gasteiger partial charge in [0, 0.05) is 0 Å². The van der Waals surface area contributed by atoms with E-state index in [1.165, 1.54) is 0 Å². The van der Waals surface area contributed by atoms with E-state index in [0.717, 1.165) is 17.7 Å². The fourth-order valence-corrected chi connectivity index (χ4v) is 1.36. The number of thiol groups is 1. The zero-order valence-electron chi connectivity index (χ0n) is 8.60. The van der Waals surface area contributed by atoms with Crippen LogP contribution in [0.2, 0.25) is 0 Å². The van der Waals surface area contributed by atoms with Crippen LogP contribution in [0.3, 0.4) is 0 Å². The van der Waals surface area contributed by atoms with Gasteiger partial charge >= 0.3 is 0 Å². The molecular formula is C12H13NOS. The third-order valence-electron chi connectivity index (χ3n) is 1.95. The molecular weight excluding hydrogens is 206 g/mol. The summed E-state index contributed by atoms with van der Waals surface area (Å²) in [5.74, 6) is 1.45. The predicted octanol–water partition coefficient (Wildman–Crippen LogP) is 2.90. The molecule has 15 heavy (non-hydrogen) atoms. The molecule has 0 amide bonds. The molecule has 1 rings (SSSR count). The summed E-state index contributed by atoms with van der Waals surface area (Å²) in [4.78, 5) is 0. The van der Waals surface area contributed by atoms with E-state index in [4.69, 9.17) is 10.00 Å². The van der Waals surface area contributed by atoms with Crippen LogP contribution in [0.1, 0.15) is 17.5 Å². The summed E-state index contributed by atoms with van der Waals surface area (Å²) < 4.78 is 5.06. The summed E-state index contributed by atoms with van der Waals surface area (Å²) in [7, 11) is 1.56. The Bertz CT molecular complexity index is 393. The number of benzene rings is 1. The Morgan fingerprint density at radius 1 is 1.53 bits per heavy atom. The molecule has 0 spiro atoms. The van der Waals surface area contributed by atoms with Crippen molar-refractivity contribution in [1.29, 1.82) is 5.26 Å². The van der Waals surface area contributed by atoms with E-state index in [1.54, 1.807) is 13.2 Å². The van der Waals surface area contributed by atoms with Gasteiger partial charge in [0.05, 0.1) is 12.7 Å². The van der Waals surface area contributed by atoms with Gasteiger partial charge in [-0.3, -0.25) is 0 Å². The molecule has 3 heteroatoms. The van der Waals surface area contributed by atoms with Gasteiger partial charge in [0.15, 0.2) is 0 Å². The van der Waals surface area contributed by atoms with Gasteiger partial charge in [-0.1, -0.05) is 18.2 Å². The highest BCUT2D eigenvalue weighted by Gasteiger charge is 2.01. The number of hydrogen-bond acceptors (Lipinski definition) is 3. The monoisotopic (exact) mass is 219 g/mol. The maximum Gasteiger partial charge on any atom is 0.136 e. The zero-order chi connectivity index (χ0) is 11.1.